The maximum absolute atomic E-state index is 12.7. The molecule has 0 atom stereocenters. The van der Waals surface area contributed by atoms with Crippen molar-refractivity contribution in [2.75, 3.05) is 7.05 Å². The summed E-state index contributed by atoms with van der Waals surface area (Å²) in [4.78, 5) is 4.36. The SMILES string of the molecule is CN(Cc1cccc(C(F)F)c1)/N=C\Cc1nc2ccccc2o1. The Morgan fingerprint density at radius 1 is 1.21 bits per heavy atom. The highest BCUT2D eigenvalue weighted by molar-refractivity contribution is 5.73. The average molecular weight is 329 g/mol. The molecule has 24 heavy (non-hydrogen) atoms. The molecule has 6 heteroatoms. The van der Waals surface area contributed by atoms with Gasteiger partial charge < -0.3 is 4.42 Å². The standard InChI is InChI=1S/C18H17F2N3O/c1-23(12-13-5-4-6-14(11-13)18(19)20)21-10-9-17-22-15-7-2-3-8-16(15)24-17/h2-8,10-11,18H,9,12H2,1H3/b21-10-. The third-order valence-corrected chi connectivity index (χ3v) is 3.50. The lowest BCUT2D eigenvalue weighted by Crippen LogP contribution is -2.11. The van der Waals surface area contributed by atoms with Gasteiger partial charge in [-0.15, -0.1) is 0 Å². The minimum Gasteiger partial charge on any atom is -0.440 e. The Hall–Kier alpha value is -2.76. The van der Waals surface area contributed by atoms with Crippen molar-refractivity contribution >= 4 is 17.3 Å². The lowest BCUT2D eigenvalue weighted by atomic mass is 10.1. The second kappa shape index (κ2) is 7.21. The van der Waals surface area contributed by atoms with Gasteiger partial charge in [-0.05, 0) is 23.8 Å². The summed E-state index contributed by atoms with van der Waals surface area (Å²) in [6.45, 7) is 0.449. The van der Waals surface area contributed by atoms with Crippen LogP contribution in [0.4, 0.5) is 8.78 Å². The van der Waals surface area contributed by atoms with Crippen LogP contribution in [0.1, 0.15) is 23.4 Å². The second-order valence-electron chi connectivity index (χ2n) is 5.44. The molecule has 0 saturated carbocycles. The molecule has 0 unspecified atom stereocenters. The third kappa shape index (κ3) is 3.95. The summed E-state index contributed by atoms with van der Waals surface area (Å²) in [5, 5.41) is 5.97. The van der Waals surface area contributed by atoms with Crippen LogP contribution in [-0.2, 0) is 13.0 Å². The van der Waals surface area contributed by atoms with Crippen LogP contribution >= 0.6 is 0 Å². The minimum absolute atomic E-state index is 0.0244. The molecule has 124 valence electrons. The number of nitrogens with zero attached hydrogens (tertiary/aromatic N) is 3. The fourth-order valence-corrected chi connectivity index (χ4v) is 2.40. The van der Waals surface area contributed by atoms with Crippen molar-refractivity contribution in [3.05, 3.63) is 65.5 Å². The number of hydrogen-bond acceptors (Lipinski definition) is 4. The summed E-state index contributed by atoms with van der Waals surface area (Å²) in [6.07, 6.45) is -0.296. The van der Waals surface area contributed by atoms with Crippen LogP contribution in [0.2, 0.25) is 0 Å². The van der Waals surface area contributed by atoms with Gasteiger partial charge >= 0.3 is 0 Å². The van der Waals surface area contributed by atoms with Crippen LogP contribution < -0.4 is 0 Å². The maximum Gasteiger partial charge on any atom is 0.263 e. The number of oxazole rings is 1. The van der Waals surface area contributed by atoms with E-state index in [9.17, 15) is 8.78 Å². The lowest BCUT2D eigenvalue weighted by Gasteiger charge is -2.13. The Balaban J connectivity index is 1.59. The lowest BCUT2D eigenvalue weighted by molar-refractivity contribution is 0.151. The number of alkyl halides is 2. The number of hydrogen-bond donors (Lipinski definition) is 0. The van der Waals surface area contributed by atoms with Gasteiger partial charge in [-0.1, -0.05) is 30.3 Å². The Labute approximate surface area is 138 Å². The zero-order valence-corrected chi connectivity index (χ0v) is 13.2. The zero-order chi connectivity index (χ0) is 16.9. The zero-order valence-electron chi connectivity index (χ0n) is 13.2. The smallest absolute Gasteiger partial charge is 0.263 e. The molecule has 0 fully saturated rings. The number of fused-ring (bicyclic) bond motifs is 1. The molecule has 1 aromatic heterocycles. The predicted molar refractivity (Wildman–Crippen MR) is 89.1 cm³/mol. The molecule has 0 aliphatic heterocycles. The van der Waals surface area contributed by atoms with Gasteiger partial charge in [-0.3, -0.25) is 5.01 Å². The van der Waals surface area contributed by atoms with Crippen molar-refractivity contribution in [1.82, 2.24) is 9.99 Å². The van der Waals surface area contributed by atoms with Gasteiger partial charge in [-0.25, -0.2) is 13.8 Å². The first kappa shape index (κ1) is 16.1. The number of aromatic nitrogens is 1. The summed E-state index contributed by atoms with van der Waals surface area (Å²) in [5.74, 6) is 0.591. The molecule has 0 N–H and O–H groups in total. The molecule has 1 heterocycles. The molecule has 0 bridgehead atoms. The van der Waals surface area contributed by atoms with Crippen molar-refractivity contribution in [3.63, 3.8) is 0 Å². The van der Waals surface area contributed by atoms with Crippen molar-refractivity contribution in [3.8, 4) is 0 Å². The maximum atomic E-state index is 12.7. The molecule has 0 saturated heterocycles. The number of para-hydroxylation sites is 2. The van der Waals surface area contributed by atoms with Crippen LogP contribution in [0.3, 0.4) is 0 Å². The monoisotopic (exact) mass is 329 g/mol. The first-order valence-electron chi connectivity index (χ1n) is 7.57. The van der Waals surface area contributed by atoms with Gasteiger partial charge in [-0.2, -0.15) is 5.10 Å². The normalized spacial score (nSPS) is 11.7. The fraction of sp³-hybridized carbons (Fsp3) is 0.222. The molecule has 0 radical (unpaired) electrons. The van der Waals surface area contributed by atoms with Gasteiger partial charge in [0.15, 0.2) is 5.58 Å². The van der Waals surface area contributed by atoms with E-state index in [0.717, 1.165) is 16.7 Å². The summed E-state index contributed by atoms with van der Waals surface area (Å²) >= 11 is 0. The van der Waals surface area contributed by atoms with Gasteiger partial charge in [0.1, 0.15) is 5.52 Å². The molecule has 2 aromatic carbocycles. The first-order chi connectivity index (χ1) is 11.6. The van der Waals surface area contributed by atoms with Crippen LogP contribution in [-0.4, -0.2) is 23.3 Å². The summed E-state index contributed by atoms with van der Waals surface area (Å²) in [6, 6.07) is 13.9. The van der Waals surface area contributed by atoms with E-state index in [0.29, 0.717) is 18.9 Å². The first-order valence-corrected chi connectivity index (χ1v) is 7.57. The Morgan fingerprint density at radius 3 is 2.83 bits per heavy atom. The topological polar surface area (TPSA) is 41.6 Å². The third-order valence-electron chi connectivity index (χ3n) is 3.50. The highest BCUT2D eigenvalue weighted by atomic mass is 19.3. The Morgan fingerprint density at radius 2 is 2.04 bits per heavy atom. The molecule has 3 aromatic rings. The quantitative estimate of drug-likeness (QED) is 0.496. The number of hydrazone groups is 1. The van der Waals surface area contributed by atoms with E-state index in [1.807, 2.05) is 24.3 Å². The average Bonchev–Trinajstić information content (AvgIpc) is 2.97. The van der Waals surface area contributed by atoms with E-state index < -0.39 is 6.43 Å². The number of halogens is 2. The van der Waals surface area contributed by atoms with Gasteiger partial charge in [0.2, 0.25) is 5.89 Å². The van der Waals surface area contributed by atoms with Crippen LogP contribution in [0.25, 0.3) is 11.1 Å². The van der Waals surface area contributed by atoms with Gasteiger partial charge in [0, 0.05) is 18.8 Å². The molecule has 0 aliphatic carbocycles. The van der Waals surface area contributed by atoms with E-state index in [4.69, 9.17) is 4.42 Å². The molecule has 4 nitrogen and oxygen atoms in total. The van der Waals surface area contributed by atoms with E-state index in [-0.39, 0.29) is 5.56 Å². The molecule has 0 spiro atoms. The fourth-order valence-electron chi connectivity index (χ4n) is 2.40. The summed E-state index contributed by atoms with van der Waals surface area (Å²) < 4.78 is 31.0. The van der Waals surface area contributed by atoms with E-state index in [2.05, 4.69) is 10.1 Å². The Kier molecular flexibility index (Phi) is 4.84. The van der Waals surface area contributed by atoms with Crippen LogP contribution in [0.5, 0.6) is 0 Å². The highest BCUT2D eigenvalue weighted by Gasteiger charge is 2.07. The molecule has 0 aliphatic rings. The molecular formula is C18H17F2N3O. The Bertz CT molecular complexity index is 812. The molecule has 3 rings (SSSR count). The van der Waals surface area contributed by atoms with Gasteiger partial charge in [0.05, 0.1) is 13.0 Å². The minimum atomic E-state index is -2.46. The van der Waals surface area contributed by atoms with E-state index in [1.54, 1.807) is 30.4 Å². The van der Waals surface area contributed by atoms with Crippen molar-refractivity contribution in [1.29, 1.82) is 0 Å². The molecule has 0 amide bonds. The second-order valence-corrected chi connectivity index (χ2v) is 5.44. The van der Waals surface area contributed by atoms with E-state index >= 15 is 0 Å². The van der Waals surface area contributed by atoms with Crippen LogP contribution in [0.15, 0.2) is 58.0 Å². The van der Waals surface area contributed by atoms with Crippen molar-refractivity contribution < 1.29 is 13.2 Å². The van der Waals surface area contributed by atoms with Crippen molar-refractivity contribution in [2.45, 2.75) is 19.4 Å². The molecular weight excluding hydrogens is 312 g/mol. The summed E-state index contributed by atoms with van der Waals surface area (Å²) in [7, 11) is 1.79. The summed E-state index contributed by atoms with van der Waals surface area (Å²) in [5.41, 5.74) is 2.38. The predicted octanol–water partition coefficient (Wildman–Crippen LogP) is 4.43. The van der Waals surface area contributed by atoms with Gasteiger partial charge in [0.25, 0.3) is 6.43 Å². The number of benzene rings is 2. The largest absolute Gasteiger partial charge is 0.440 e. The van der Waals surface area contributed by atoms with Crippen molar-refractivity contribution in [2.24, 2.45) is 5.10 Å². The van der Waals surface area contributed by atoms with Crippen LogP contribution in [0, 0.1) is 0 Å². The number of rotatable bonds is 6. The highest BCUT2D eigenvalue weighted by Crippen LogP contribution is 2.20. The van der Waals surface area contributed by atoms with E-state index in [1.165, 1.54) is 12.1 Å².